The quantitative estimate of drug-likeness (QED) is 0.265. The normalized spacial score (nSPS) is 11.3. The van der Waals surface area contributed by atoms with Crippen LogP contribution in [0.5, 0.6) is 0 Å². The summed E-state index contributed by atoms with van der Waals surface area (Å²) in [6.07, 6.45) is 0. The summed E-state index contributed by atoms with van der Waals surface area (Å²) in [5.74, 6) is 0. The minimum Gasteiger partial charge on any atom is -0.309 e. The Labute approximate surface area is 192 Å². The maximum absolute atomic E-state index is 6.44. The van der Waals surface area contributed by atoms with Crippen LogP contribution in [0.25, 0.3) is 49.7 Å². The minimum absolute atomic E-state index is 0.738. The third-order valence-corrected chi connectivity index (χ3v) is 6.30. The van der Waals surface area contributed by atoms with Crippen LogP contribution in [0.4, 0.5) is 0 Å². The fourth-order valence-corrected chi connectivity index (χ4v) is 4.81. The van der Waals surface area contributed by atoms with Crippen LogP contribution < -0.4 is 0 Å². The highest BCUT2D eigenvalue weighted by atomic mass is 35.5. The molecule has 0 unspecified atom stereocenters. The van der Waals surface area contributed by atoms with Gasteiger partial charge < -0.3 is 4.57 Å². The molecule has 0 aliphatic rings. The van der Waals surface area contributed by atoms with Gasteiger partial charge in [0.2, 0.25) is 0 Å². The molecule has 32 heavy (non-hydrogen) atoms. The fraction of sp³-hybridized carbons (Fsp3) is 0. The van der Waals surface area contributed by atoms with Crippen LogP contribution in [0.3, 0.4) is 0 Å². The number of benzene rings is 5. The first-order valence-corrected chi connectivity index (χ1v) is 11.1. The second-order valence-electron chi connectivity index (χ2n) is 7.98. The zero-order chi connectivity index (χ0) is 21.5. The van der Waals surface area contributed by atoms with E-state index in [0.29, 0.717) is 0 Å². The predicted molar refractivity (Wildman–Crippen MR) is 137 cm³/mol. The van der Waals surface area contributed by atoms with Crippen molar-refractivity contribution in [1.29, 1.82) is 0 Å². The molecular weight excluding hydrogens is 410 g/mol. The van der Waals surface area contributed by atoms with Gasteiger partial charge in [0, 0.05) is 21.5 Å². The Morgan fingerprint density at radius 3 is 1.81 bits per heavy atom. The van der Waals surface area contributed by atoms with Crippen LogP contribution in [0.2, 0.25) is 5.02 Å². The van der Waals surface area contributed by atoms with Gasteiger partial charge in [-0.3, -0.25) is 0 Å². The van der Waals surface area contributed by atoms with Crippen molar-refractivity contribution in [2.45, 2.75) is 0 Å². The number of halogens is 1. The molecule has 0 N–H and O–H groups in total. The zero-order valence-electron chi connectivity index (χ0n) is 17.4. The zero-order valence-corrected chi connectivity index (χ0v) is 18.1. The molecule has 0 atom stereocenters. The molecule has 0 aliphatic carbocycles. The average Bonchev–Trinajstić information content (AvgIpc) is 3.19. The third kappa shape index (κ3) is 3.10. The second kappa shape index (κ2) is 7.71. The lowest BCUT2D eigenvalue weighted by atomic mass is 9.94. The van der Waals surface area contributed by atoms with Crippen LogP contribution >= 0.6 is 11.6 Å². The van der Waals surface area contributed by atoms with Crippen molar-refractivity contribution in [3.05, 3.63) is 126 Å². The molecule has 152 valence electrons. The smallest absolute Gasteiger partial charge is 0.0541 e. The number of rotatable bonds is 3. The molecule has 0 radical (unpaired) electrons. The lowest BCUT2D eigenvalue weighted by Gasteiger charge is -2.14. The van der Waals surface area contributed by atoms with Crippen molar-refractivity contribution in [1.82, 2.24) is 4.57 Å². The molecule has 6 aromatic rings. The first-order valence-electron chi connectivity index (χ1n) is 10.7. The number of hydrogen-bond acceptors (Lipinski definition) is 0. The molecule has 1 aromatic heterocycles. The number of aromatic nitrogens is 1. The van der Waals surface area contributed by atoms with Crippen LogP contribution in [0.1, 0.15) is 0 Å². The molecule has 0 aliphatic heterocycles. The van der Waals surface area contributed by atoms with Crippen LogP contribution in [-0.2, 0) is 0 Å². The summed E-state index contributed by atoms with van der Waals surface area (Å²) in [5.41, 5.74) is 8.19. The van der Waals surface area contributed by atoms with Crippen LogP contribution in [0.15, 0.2) is 121 Å². The van der Waals surface area contributed by atoms with Gasteiger partial charge in [0.25, 0.3) is 0 Å². The number of nitrogens with zero attached hydrogens (tertiary/aromatic N) is 1. The summed E-state index contributed by atoms with van der Waals surface area (Å²) in [6.45, 7) is 0. The molecule has 0 spiro atoms. The maximum atomic E-state index is 6.44. The molecule has 0 saturated carbocycles. The van der Waals surface area contributed by atoms with Gasteiger partial charge in [-0.05, 0) is 58.7 Å². The third-order valence-electron chi connectivity index (χ3n) is 6.06. The van der Waals surface area contributed by atoms with Gasteiger partial charge in [-0.2, -0.15) is 0 Å². The predicted octanol–water partition coefficient (Wildman–Crippen LogP) is 8.77. The van der Waals surface area contributed by atoms with E-state index in [4.69, 9.17) is 11.6 Å². The first-order chi connectivity index (χ1) is 15.8. The molecule has 6 rings (SSSR count). The summed E-state index contributed by atoms with van der Waals surface area (Å²) in [5, 5.41) is 3.27. The van der Waals surface area contributed by atoms with Crippen molar-refractivity contribution in [2.24, 2.45) is 0 Å². The Hall–Kier alpha value is -3.81. The number of para-hydroxylation sites is 2. The van der Waals surface area contributed by atoms with E-state index in [1.165, 1.54) is 32.9 Å². The Morgan fingerprint density at radius 1 is 0.469 bits per heavy atom. The molecule has 0 amide bonds. The highest BCUT2D eigenvalue weighted by molar-refractivity contribution is 6.31. The van der Waals surface area contributed by atoms with Crippen LogP contribution in [-0.4, -0.2) is 4.57 Å². The van der Waals surface area contributed by atoms with Gasteiger partial charge in [0.05, 0.1) is 11.0 Å². The van der Waals surface area contributed by atoms with E-state index in [9.17, 15) is 0 Å². The van der Waals surface area contributed by atoms with Gasteiger partial charge in [-0.15, -0.1) is 0 Å². The number of hydrogen-bond donors (Lipinski definition) is 0. The highest BCUT2D eigenvalue weighted by Gasteiger charge is 2.13. The molecular formula is C30H20ClN. The Kier molecular flexibility index (Phi) is 4.56. The Bertz CT molecular complexity index is 1520. The molecule has 0 saturated heterocycles. The molecule has 2 heteroatoms. The van der Waals surface area contributed by atoms with E-state index < -0.39 is 0 Å². The Morgan fingerprint density at radius 2 is 1.09 bits per heavy atom. The summed E-state index contributed by atoms with van der Waals surface area (Å²) >= 11 is 6.44. The maximum Gasteiger partial charge on any atom is 0.0541 e. The molecule has 0 fully saturated rings. The molecule has 0 bridgehead atoms. The SMILES string of the molecule is Clc1ccc(-c2ccccc2)c(-c2cccc(-n3c4ccccc4c4ccccc43)c2)c1. The average molecular weight is 430 g/mol. The van der Waals surface area contributed by atoms with Crippen molar-refractivity contribution in [2.75, 3.05) is 0 Å². The molecule has 1 nitrogen and oxygen atoms in total. The van der Waals surface area contributed by atoms with Gasteiger partial charge in [0.1, 0.15) is 0 Å². The monoisotopic (exact) mass is 429 g/mol. The van der Waals surface area contributed by atoms with E-state index in [2.05, 4.69) is 114 Å². The van der Waals surface area contributed by atoms with Crippen molar-refractivity contribution in [3.63, 3.8) is 0 Å². The second-order valence-corrected chi connectivity index (χ2v) is 8.41. The molecule has 5 aromatic carbocycles. The van der Waals surface area contributed by atoms with Crippen molar-refractivity contribution < 1.29 is 0 Å². The lowest BCUT2D eigenvalue weighted by Crippen LogP contribution is -1.94. The van der Waals surface area contributed by atoms with E-state index in [-0.39, 0.29) is 0 Å². The minimum atomic E-state index is 0.738. The summed E-state index contributed by atoms with van der Waals surface area (Å²) in [7, 11) is 0. The lowest BCUT2D eigenvalue weighted by molar-refractivity contribution is 1.18. The number of fused-ring (bicyclic) bond motifs is 3. The van der Waals surface area contributed by atoms with E-state index in [0.717, 1.165) is 21.8 Å². The van der Waals surface area contributed by atoms with E-state index in [1.807, 2.05) is 12.1 Å². The van der Waals surface area contributed by atoms with Gasteiger partial charge in [0.15, 0.2) is 0 Å². The Balaban J connectivity index is 1.60. The topological polar surface area (TPSA) is 4.93 Å². The summed E-state index contributed by atoms with van der Waals surface area (Å²) in [6, 6.07) is 42.5. The first kappa shape index (κ1) is 18.9. The van der Waals surface area contributed by atoms with E-state index in [1.54, 1.807) is 0 Å². The largest absolute Gasteiger partial charge is 0.309 e. The van der Waals surface area contributed by atoms with Crippen LogP contribution in [0, 0.1) is 0 Å². The van der Waals surface area contributed by atoms with Crippen molar-refractivity contribution in [3.8, 4) is 27.9 Å². The van der Waals surface area contributed by atoms with Gasteiger partial charge in [-0.25, -0.2) is 0 Å². The van der Waals surface area contributed by atoms with Gasteiger partial charge in [-0.1, -0.05) is 96.5 Å². The fourth-order valence-electron chi connectivity index (χ4n) is 4.64. The highest BCUT2D eigenvalue weighted by Crippen LogP contribution is 2.37. The van der Waals surface area contributed by atoms with E-state index >= 15 is 0 Å². The molecule has 1 heterocycles. The van der Waals surface area contributed by atoms with Gasteiger partial charge >= 0.3 is 0 Å². The standard InChI is InChI=1S/C30H20ClN/c31-23-17-18-25(21-9-2-1-3-10-21)28(20-23)22-11-8-12-24(19-22)32-29-15-6-4-13-26(29)27-14-5-7-16-30(27)32/h1-20H. The van der Waals surface area contributed by atoms with Crippen molar-refractivity contribution >= 4 is 33.4 Å². The summed E-state index contributed by atoms with van der Waals surface area (Å²) in [4.78, 5) is 0. The summed E-state index contributed by atoms with van der Waals surface area (Å²) < 4.78 is 2.35.